The molecule has 11 heteroatoms. The average molecular weight is 536 g/mol. The fourth-order valence-electron chi connectivity index (χ4n) is 3.80. The smallest absolute Gasteiger partial charge is 0.354 e. The second kappa shape index (κ2) is 11.1. The molecule has 36 heavy (non-hydrogen) atoms. The summed E-state index contributed by atoms with van der Waals surface area (Å²) in [6.07, 6.45) is -4.47. The number of rotatable bonds is 6. The first-order chi connectivity index (χ1) is 17.1. The maximum absolute atomic E-state index is 13.1. The Labute approximate surface area is 216 Å². The first-order valence-corrected chi connectivity index (χ1v) is 12.4. The van der Waals surface area contributed by atoms with Gasteiger partial charge in [-0.2, -0.15) is 13.2 Å². The van der Waals surface area contributed by atoms with Crippen LogP contribution in [0.5, 0.6) is 0 Å². The fourth-order valence-corrected chi connectivity index (χ4v) is 4.91. The second-order valence-corrected chi connectivity index (χ2v) is 9.93. The molecule has 4 rings (SSSR count). The van der Waals surface area contributed by atoms with E-state index in [1.807, 2.05) is 43.3 Å². The molecule has 6 nitrogen and oxygen atoms in total. The number of anilines is 2. The van der Waals surface area contributed by atoms with Gasteiger partial charge in [-0.25, -0.2) is 9.29 Å². The number of carbonyl (C=O) groups is 1. The molecule has 2 heterocycles. The minimum absolute atomic E-state index is 0.175. The van der Waals surface area contributed by atoms with Crippen LogP contribution >= 0.6 is 23.5 Å². The van der Waals surface area contributed by atoms with Gasteiger partial charge in [-0.3, -0.25) is 4.79 Å². The topological polar surface area (TPSA) is 74.5 Å². The van der Waals surface area contributed by atoms with E-state index >= 15 is 0 Å². The SMILES string of the molecule is Cc1ccc(CN)cc1C(=O)Nc1ccc(SN2CCN(c3cc(C(F)(F)F)cc(Cl)n3)CC2)cc1. The number of halogens is 4. The second-order valence-electron chi connectivity index (χ2n) is 8.37. The molecule has 1 saturated heterocycles. The number of pyridine rings is 1. The van der Waals surface area contributed by atoms with E-state index in [0.717, 1.165) is 28.2 Å². The number of nitrogens with one attached hydrogen (secondary N) is 1. The summed E-state index contributed by atoms with van der Waals surface area (Å²) in [5.74, 6) is 0.0365. The third kappa shape index (κ3) is 6.50. The number of aryl methyl sites for hydroxylation is 1. The van der Waals surface area contributed by atoms with Gasteiger partial charge in [-0.15, -0.1) is 0 Å². The molecule has 3 N–H and O–H groups in total. The van der Waals surface area contributed by atoms with E-state index in [1.54, 1.807) is 22.9 Å². The third-order valence-corrected chi connectivity index (χ3v) is 7.10. The predicted octanol–water partition coefficient (Wildman–Crippen LogP) is 5.60. The Morgan fingerprint density at radius 1 is 1.08 bits per heavy atom. The standard InChI is InChI=1S/C25H25ClF3N5OS/c1-16-2-3-17(15-30)12-21(16)24(35)31-19-4-6-20(7-5-19)36-34-10-8-33(9-11-34)23-14-18(25(27,28)29)13-22(26)32-23/h2-7,12-14H,8-11,15,30H2,1H3,(H,31,35). The highest BCUT2D eigenvalue weighted by molar-refractivity contribution is 7.97. The number of hydrogen-bond donors (Lipinski definition) is 2. The van der Waals surface area contributed by atoms with Gasteiger partial charge in [0, 0.05) is 48.9 Å². The molecule has 0 unspecified atom stereocenters. The Bertz CT molecular complexity index is 1230. The van der Waals surface area contributed by atoms with Crippen molar-refractivity contribution in [2.75, 3.05) is 36.4 Å². The van der Waals surface area contributed by atoms with Crippen molar-refractivity contribution in [3.63, 3.8) is 0 Å². The molecule has 0 spiro atoms. The summed E-state index contributed by atoms with van der Waals surface area (Å²) in [5.41, 5.74) is 7.92. The van der Waals surface area contributed by atoms with E-state index in [-0.39, 0.29) is 16.9 Å². The summed E-state index contributed by atoms with van der Waals surface area (Å²) >= 11 is 7.39. The van der Waals surface area contributed by atoms with Crippen LogP contribution in [-0.4, -0.2) is 41.4 Å². The quantitative estimate of drug-likeness (QED) is 0.316. The Kier molecular flexibility index (Phi) is 8.09. The number of piperazine rings is 1. The highest BCUT2D eigenvalue weighted by Crippen LogP contribution is 2.33. The normalized spacial score (nSPS) is 14.7. The van der Waals surface area contributed by atoms with E-state index in [4.69, 9.17) is 17.3 Å². The molecule has 1 aliphatic rings. The number of carbonyl (C=O) groups excluding carboxylic acids is 1. The minimum Gasteiger partial charge on any atom is -0.354 e. The first kappa shape index (κ1) is 26.3. The van der Waals surface area contributed by atoms with E-state index in [9.17, 15) is 18.0 Å². The molecule has 0 aliphatic carbocycles. The first-order valence-electron chi connectivity index (χ1n) is 11.3. The van der Waals surface area contributed by atoms with Gasteiger partial charge in [-0.1, -0.05) is 23.7 Å². The molecular weight excluding hydrogens is 511 g/mol. The van der Waals surface area contributed by atoms with Crippen LogP contribution in [0.4, 0.5) is 24.7 Å². The van der Waals surface area contributed by atoms with E-state index in [1.165, 1.54) is 0 Å². The van der Waals surface area contributed by atoms with Gasteiger partial charge < -0.3 is 16.0 Å². The summed E-state index contributed by atoms with van der Waals surface area (Å²) in [6, 6.07) is 15.0. The van der Waals surface area contributed by atoms with Crippen molar-refractivity contribution in [1.82, 2.24) is 9.29 Å². The number of nitrogens with two attached hydrogens (primary N) is 1. The Balaban J connectivity index is 1.33. The zero-order valence-corrected chi connectivity index (χ0v) is 21.1. The van der Waals surface area contributed by atoms with Crippen molar-refractivity contribution in [2.45, 2.75) is 24.5 Å². The largest absolute Gasteiger partial charge is 0.416 e. The number of alkyl halides is 3. The van der Waals surface area contributed by atoms with Gasteiger partial charge in [0.2, 0.25) is 0 Å². The Morgan fingerprint density at radius 3 is 2.42 bits per heavy atom. The highest BCUT2D eigenvalue weighted by Gasteiger charge is 2.32. The summed E-state index contributed by atoms with van der Waals surface area (Å²) < 4.78 is 41.5. The number of aromatic nitrogens is 1. The zero-order valence-electron chi connectivity index (χ0n) is 19.5. The number of amides is 1. The third-order valence-electron chi connectivity index (χ3n) is 5.80. The molecule has 1 fully saturated rings. The molecule has 1 aromatic heterocycles. The molecule has 0 bridgehead atoms. The van der Waals surface area contributed by atoms with E-state index < -0.39 is 11.7 Å². The Hall–Kier alpha value is -2.79. The maximum Gasteiger partial charge on any atom is 0.416 e. The molecule has 3 aromatic rings. The average Bonchev–Trinajstić information content (AvgIpc) is 2.85. The lowest BCUT2D eigenvalue weighted by molar-refractivity contribution is -0.137. The molecule has 0 atom stereocenters. The van der Waals surface area contributed by atoms with Crippen LogP contribution in [0.3, 0.4) is 0 Å². The van der Waals surface area contributed by atoms with Gasteiger partial charge in [0.25, 0.3) is 5.91 Å². The monoisotopic (exact) mass is 535 g/mol. The molecular formula is C25H25ClF3N5OS. The van der Waals surface area contributed by atoms with Crippen molar-refractivity contribution in [1.29, 1.82) is 0 Å². The van der Waals surface area contributed by atoms with Crippen LogP contribution in [0.15, 0.2) is 59.5 Å². The van der Waals surface area contributed by atoms with E-state index in [0.29, 0.717) is 44.0 Å². The molecule has 190 valence electrons. The summed E-state index contributed by atoms with van der Waals surface area (Å²) in [7, 11) is 0. The van der Waals surface area contributed by atoms with Crippen LogP contribution in [0.25, 0.3) is 0 Å². The lowest BCUT2D eigenvalue weighted by Gasteiger charge is -2.34. The molecule has 1 aliphatic heterocycles. The summed E-state index contributed by atoms with van der Waals surface area (Å²) in [6.45, 7) is 4.56. The van der Waals surface area contributed by atoms with Crippen LogP contribution in [0, 0.1) is 6.92 Å². The highest BCUT2D eigenvalue weighted by atomic mass is 35.5. The van der Waals surface area contributed by atoms with Gasteiger partial charge in [-0.05, 0) is 72.5 Å². The zero-order chi connectivity index (χ0) is 25.9. The van der Waals surface area contributed by atoms with Crippen LogP contribution in [0.2, 0.25) is 5.15 Å². The van der Waals surface area contributed by atoms with Gasteiger partial charge in [0.05, 0.1) is 5.56 Å². The fraction of sp³-hybridized carbons (Fsp3) is 0.280. The lowest BCUT2D eigenvalue weighted by atomic mass is 10.0. The van der Waals surface area contributed by atoms with Crippen LogP contribution in [0.1, 0.15) is 27.0 Å². The number of benzene rings is 2. The molecule has 2 aromatic carbocycles. The minimum atomic E-state index is -4.47. The van der Waals surface area contributed by atoms with Gasteiger partial charge in [0.15, 0.2) is 0 Å². The van der Waals surface area contributed by atoms with Crippen molar-refractivity contribution in [3.05, 3.63) is 82.0 Å². The van der Waals surface area contributed by atoms with Gasteiger partial charge in [0.1, 0.15) is 11.0 Å². The molecule has 1 amide bonds. The van der Waals surface area contributed by atoms with Gasteiger partial charge >= 0.3 is 6.18 Å². The van der Waals surface area contributed by atoms with E-state index in [2.05, 4.69) is 14.6 Å². The van der Waals surface area contributed by atoms with Crippen LogP contribution < -0.4 is 16.0 Å². The van der Waals surface area contributed by atoms with Crippen LogP contribution in [-0.2, 0) is 12.7 Å². The molecule has 0 saturated carbocycles. The number of hydrogen-bond acceptors (Lipinski definition) is 6. The number of nitrogens with zero attached hydrogens (tertiary/aromatic N) is 3. The van der Waals surface area contributed by atoms with Crippen molar-refractivity contribution < 1.29 is 18.0 Å². The predicted molar refractivity (Wildman–Crippen MR) is 137 cm³/mol. The van der Waals surface area contributed by atoms with Crippen molar-refractivity contribution >= 4 is 41.0 Å². The maximum atomic E-state index is 13.1. The van der Waals surface area contributed by atoms with Crippen molar-refractivity contribution in [3.8, 4) is 0 Å². The lowest BCUT2D eigenvalue weighted by Crippen LogP contribution is -2.43. The van der Waals surface area contributed by atoms with Crippen molar-refractivity contribution in [2.24, 2.45) is 5.73 Å². The summed E-state index contributed by atoms with van der Waals surface area (Å²) in [5, 5.41) is 2.74. The molecule has 0 radical (unpaired) electrons. The summed E-state index contributed by atoms with van der Waals surface area (Å²) in [4.78, 5) is 19.6. The Morgan fingerprint density at radius 2 is 1.78 bits per heavy atom.